The fraction of sp³-hybridized carbons (Fsp3) is 0.737. The summed E-state index contributed by atoms with van der Waals surface area (Å²) in [5.74, 6) is 1.35. The Hall–Kier alpha value is -1.89. The summed E-state index contributed by atoms with van der Waals surface area (Å²) >= 11 is 0. The number of ether oxygens (including phenoxy) is 2. The molecule has 1 saturated heterocycles. The molecule has 2 heterocycles. The van der Waals surface area contributed by atoms with E-state index < -0.39 is 5.60 Å². The maximum Gasteiger partial charge on any atom is 0.410 e. The monoisotopic (exact) mass is 362 g/mol. The Morgan fingerprint density at radius 2 is 1.96 bits per heavy atom. The molecule has 0 aromatic carbocycles. The van der Waals surface area contributed by atoms with E-state index in [0.717, 1.165) is 24.5 Å². The predicted molar refractivity (Wildman–Crippen MR) is 99.4 cm³/mol. The van der Waals surface area contributed by atoms with E-state index in [-0.39, 0.29) is 18.2 Å². The number of anilines is 1. The molecule has 0 spiro atoms. The van der Waals surface area contributed by atoms with E-state index in [9.17, 15) is 4.79 Å². The summed E-state index contributed by atoms with van der Waals surface area (Å²) in [4.78, 5) is 25.5. The molecule has 7 nitrogen and oxygen atoms in total. The van der Waals surface area contributed by atoms with E-state index in [1.165, 1.54) is 5.56 Å². The standard InChI is InChI=1S/C19H30N4O3/c1-12-9-14(25-6)16-15(12)17(21-11-20-16)23-8-7-22(10-13(23)2)18(24)26-19(3,4)5/h11-14H,7-10H2,1-6H3. The number of carbonyl (C=O) groups excluding carboxylic acids is 1. The van der Waals surface area contributed by atoms with Gasteiger partial charge in [-0.1, -0.05) is 6.92 Å². The zero-order chi connectivity index (χ0) is 19.1. The van der Waals surface area contributed by atoms with Gasteiger partial charge in [0.2, 0.25) is 0 Å². The van der Waals surface area contributed by atoms with Gasteiger partial charge in [-0.3, -0.25) is 0 Å². The van der Waals surface area contributed by atoms with Gasteiger partial charge in [-0.25, -0.2) is 14.8 Å². The molecule has 3 atom stereocenters. The third kappa shape index (κ3) is 3.63. The van der Waals surface area contributed by atoms with Crippen LogP contribution in [0.2, 0.25) is 0 Å². The van der Waals surface area contributed by atoms with E-state index in [1.807, 2.05) is 20.8 Å². The lowest BCUT2D eigenvalue weighted by molar-refractivity contribution is 0.0218. The molecular weight excluding hydrogens is 332 g/mol. The first-order valence-corrected chi connectivity index (χ1v) is 9.33. The van der Waals surface area contributed by atoms with Crippen LogP contribution in [-0.2, 0) is 9.47 Å². The molecule has 1 aliphatic carbocycles. The minimum atomic E-state index is -0.477. The molecule has 0 bridgehead atoms. The molecule has 1 aliphatic heterocycles. The van der Waals surface area contributed by atoms with E-state index in [1.54, 1.807) is 18.3 Å². The molecular formula is C19H30N4O3. The number of hydrogen-bond acceptors (Lipinski definition) is 6. The zero-order valence-electron chi connectivity index (χ0n) is 16.7. The molecule has 3 rings (SSSR count). The highest BCUT2D eigenvalue weighted by Gasteiger charge is 2.37. The quantitative estimate of drug-likeness (QED) is 0.805. The van der Waals surface area contributed by atoms with Crippen molar-refractivity contribution in [3.8, 4) is 0 Å². The van der Waals surface area contributed by atoms with Gasteiger partial charge in [-0.05, 0) is 40.0 Å². The minimum absolute atomic E-state index is 0.0418. The Kier molecular flexibility index (Phi) is 5.10. The summed E-state index contributed by atoms with van der Waals surface area (Å²) in [7, 11) is 1.73. The van der Waals surface area contributed by atoms with Crippen molar-refractivity contribution in [3.63, 3.8) is 0 Å². The maximum absolute atomic E-state index is 12.4. The molecule has 26 heavy (non-hydrogen) atoms. The summed E-state index contributed by atoms with van der Waals surface area (Å²) in [6.45, 7) is 12.0. The molecule has 1 amide bonds. The number of hydrogen-bond donors (Lipinski definition) is 0. The van der Waals surface area contributed by atoms with Gasteiger partial charge >= 0.3 is 6.09 Å². The largest absolute Gasteiger partial charge is 0.444 e. The Morgan fingerprint density at radius 1 is 1.23 bits per heavy atom. The Labute approximate surface area is 155 Å². The van der Waals surface area contributed by atoms with Gasteiger partial charge in [-0.2, -0.15) is 0 Å². The first kappa shape index (κ1) is 18.9. The van der Waals surface area contributed by atoms with Crippen molar-refractivity contribution in [2.75, 3.05) is 31.6 Å². The molecule has 7 heteroatoms. The van der Waals surface area contributed by atoms with Gasteiger partial charge in [0.25, 0.3) is 0 Å². The Balaban J connectivity index is 1.77. The topological polar surface area (TPSA) is 67.8 Å². The van der Waals surface area contributed by atoms with E-state index in [0.29, 0.717) is 19.0 Å². The van der Waals surface area contributed by atoms with Gasteiger partial charge < -0.3 is 19.3 Å². The molecule has 0 N–H and O–H groups in total. The fourth-order valence-corrected chi connectivity index (χ4v) is 3.88. The SMILES string of the molecule is COC1CC(C)c2c1ncnc2N1CCN(C(=O)OC(C)(C)C)CC1C. The molecule has 0 radical (unpaired) electrons. The lowest BCUT2D eigenvalue weighted by Gasteiger charge is -2.41. The highest BCUT2D eigenvalue weighted by Crippen LogP contribution is 2.44. The second-order valence-electron chi connectivity index (χ2n) is 8.33. The molecule has 1 fully saturated rings. The molecule has 1 aromatic rings. The normalized spacial score (nSPS) is 26.0. The molecule has 0 saturated carbocycles. The van der Waals surface area contributed by atoms with Crippen LogP contribution < -0.4 is 4.90 Å². The van der Waals surface area contributed by atoms with Crippen molar-refractivity contribution in [1.29, 1.82) is 0 Å². The first-order chi connectivity index (χ1) is 12.2. The van der Waals surface area contributed by atoms with E-state index in [2.05, 4.69) is 28.7 Å². The Bertz CT molecular complexity index is 673. The van der Waals surface area contributed by atoms with Crippen molar-refractivity contribution in [1.82, 2.24) is 14.9 Å². The number of carbonyl (C=O) groups is 1. The van der Waals surface area contributed by atoms with Crippen molar-refractivity contribution < 1.29 is 14.3 Å². The van der Waals surface area contributed by atoms with Crippen LogP contribution in [0.5, 0.6) is 0 Å². The van der Waals surface area contributed by atoms with Gasteiger partial charge in [-0.15, -0.1) is 0 Å². The van der Waals surface area contributed by atoms with Crippen molar-refractivity contribution >= 4 is 11.9 Å². The van der Waals surface area contributed by atoms with Crippen molar-refractivity contribution in [2.45, 2.75) is 64.7 Å². The highest BCUT2D eigenvalue weighted by molar-refractivity contribution is 5.69. The maximum atomic E-state index is 12.4. The lowest BCUT2D eigenvalue weighted by Crippen LogP contribution is -2.55. The fourth-order valence-electron chi connectivity index (χ4n) is 3.88. The summed E-state index contributed by atoms with van der Waals surface area (Å²) in [5, 5.41) is 0. The van der Waals surface area contributed by atoms with Crippen LogP contribution >= 0.6 is 0 Å². The van der Waals surface area contributed by atoms with Gasteiger partial charge in [0.05, 0.1) is 5.69 Å². The second kappa shape index (κ2) is 7.02. The van der Waals surface area contributed by atoms with E-state index in [4.69, 9.17) is 9.47 Å². The minimum Gasteiger partial charge on any atom is -0.444 e. The molecule has 144 valence electrons. The summed E-state index contributed by atoms with van der Waals surface area (Å²) < 4.78 is 11.1. The van der Waals surface area contributed by atoms with Crippen LogP contribution in [0.3, 0.4) is 0 Å². The molecule has 3 unspecified atom stereocenters. The van der Waals surface area contributed by atoms with Crippen LogP contribution in [0.25, 0.3) is 0 Å². The van der Waals surface area contributed by atoms with Gasteiger partial charge in [0.15, 0.2) is 0 Å². The second-order valence-corrected chi connectivity index (χ2v) is 8.33. The summed E-state index contributed by atoms with van der Waals surface area (Å²) in [6.07, 6.45) is 2.36. The van der Waals surface area contributed by atoms with Gasteiger partial charge in [0.1, 0.15) is 23.9 Å². The number of rotatable bonds is 2. The number of fused-ring (bicyclic) bond motifs is 1. The van der Waals surface area contributed by atoms with Crippen LogP contribution in [0.4, 0.5) is 10.6 Å². The van der Waals surface area contributed by atoms with Crippen LogP contribution in [-0.4, -0.2) is 59.3 Å². The average molecular weight is 362 g/mol. The van der Waals surface area contributed by atoms with Crippen molar-refractivity contribution in [2.24, 2.45) is 0 Å². The molecule has 1 aromatic heterocycles. The number of methoxy groups -OCH3 is 1. The summed E-state index contributed by atoms with van der Waals surface area (Å²) in [5.41, 5.74) is 1.72. The van der Waals surface area contributed by atoms with Gasteiger partial charge in [0, 0.05) is 38.3 Å². The number of amides is 1. The number of aromatic nitrogens is 2. The van der Waals surface area contributed by atoms with Crippen LogP contribution in [0.15, 0.2) is 6.33 Å². The predicted octanol–water partition coefficient (Wildman–Crippen LogP) is 3.12. The molecule has 2 aliphatic rings. The third-order valence-electron chi connectivity index (χ3n) is 5.09. The Morgan fingerprint density at radius 3 is 2.58 bits per heavy atom. The van der Waals surface area contributed by atoms with Crippen LogP contribution in [0.1, 0.15) is 64.3 Å². The highest BCUT2D eigenvalue weighted by atomic mass is 16.6. The number of piperazine rings is 1. The lowest BCUT2D eigenvalue weighted by atomic mass is 10.0. The smallest absolute Gasteiger partial charge is 0.410 e. The average Bonchev–Trinajstić information content (AvgIpc) is 2.90. The summed E-state index contributed by atoms with van der Waals surface area (Å²) in [6, 6.07) is 0.157. The van der Waals surface area contributed by atoms with Crippen LogP contribution in [0, 0.1) is 0 Å². The number of nitrogens with zero attached hydrogens (tertiary/aromatic N) is 4. The zero-order valence-corrected chi connectivity index (χ0v) is 16.7. The van der Waals surface area contributed by atoms with E-state index >= 15 is 0 Å². The van der Waals surface area contributed by atoms with Crippen molar-refractivity contribution in [3.05, 3.63) is 17.6 Å². The first-order valence-electron chi connectivity index (χ1n) is 9.33. The third-order valence-corrected chi connectivity index (χ3v) is 5.09.